The summed E-state index contributed by atoms with van der Waals surface area (Å²) in [6, 6.07) is 9.64. The monoisotopic (exact) mass is 453 g/mol. The van der Waals surface area contributed by atoms with Crippen LogP contribution in [0.1, 0.15) is 22.3 Å². The average Bonchev–Trinajstić information content (AvgIpc) is 3.10. The Morgan fingerprint density at radius 1 is 1.07 bits per heavy atom. The molecule has 162 valence electrons. The van der Waals surface area contributed by atoms with E-state index in [4.69, 9.17) is 25.8 Å². The highest BCUT2D eigenvalue weighted by Crippen LogP contribution is 2.39. The Balaban J connectivity index is 1.99. The first-order valence-corrected chi connectivity index (χ1v) is 11.5. The van der Waals surface area contributed by atoms with Crippen molar-refractivity contribution in [3.63, 3.8) is 0 Å². The van der Waals surface area contributed by atoms with Gasteiger partial charge in [-0.1, -0.05) is 11.6 Å². The highest BCUT2D eigenvalue weighted by molar-refractivity contribution is 7.91. The summed E-state index contributed by atoms with van der Waals surface area (Å²) < 4.78 is 40.3. The van der Waals surface area contributed by atoms with Crippen LogP contribution in [0.3, 0.4) is 0 Å². The van der Waals surface area contributed by atoms with Crippen molar-refractivity contribution in [2.75, 3.05) is 32.8 Å². The fourth-order valence-electron chi connectivity index (χ4n) is 3.57. The summed E-state index contributed by atoms with van der Waals surface area (Å²) in [6.07, 6.45) is 0.395. The van der Waals surface area contributed by atoms with E-state index in [1.165, 1.54) is 21.3 Å². The van der Waals surface area contributed by atoms with Gasteiger partial charge in [-0.05, 0) is 48.4 Å². The maximum Gasteiger partial charge on any atom is 0.254 e. The van der Waals surface area contributed by atoms with E-state index in [-0.39, 0.29) is 24.0 Å². The minimum absolute atomic E-state index is 0.0588. The second-order valence-electron chi connectivity index (χ2n) is 7.03. The molecule has 1 saturated heterocycles. The predicted molar refractivity (Wildman–Crippen MR) is 114 cm³/mol. The van der Waals surface area contributed by atoms with E-state index in [2.05, 4.69) is 0 Å². The number of benzene rings is 2. The quantitative estimate of drug-likeness (QED) is 0.640. The molecule has 7 nitrogen and oxygen atoms in total. The third kappa shape index (κ3) is 4.82. The fourth-order valence-corrected chi connectivity index (χ4v) is 5.43. The molecule has 0 aliphatic carbocycles. The number of methoxy groups -OCH3 is 3. The number of nitrogens with zero attached hydrogens (tertiary/aromatic N) is 1. The van der Waals surface area contributed by atoms with Crippen LogP contribution >= 0.6 is 11.6 Å². The lowest BCUT2D eigenvalue weighted by Crippen LogP contribution is -2.40. The number of rotatable bonds is 7. The van der Waals surface area contributed by atoms with Crippen molar-refractivity contribution in [3.8, 4) is 17.2 Å². The third-order valence-electron chi connectivity index (χ3n) is 5.08. The average molecular weight is 454 g/mol. The maximum atomic E-state index is 13.3. The summed E-state index contributed by atoms with van der Waals surface area (Å²) >= 11 is 5.94. The first-order chi connectivity index (χ1) is 14.3. The van der Waals surface area contributed by atoms with Crippen molar-refractivity contribution in [1.29, 1.82) is 0 Å². The van der Waals surface area contributed by atoms with E-state index in [9.17, 15) is 13.2 Å². The lowest BCUT2D eigenvalue weighted by molar-refractivity contribution is 0.0680. The number of hydrogen-bond donors (Lipinski definition) is 0. The summed E-state index contributed by atoms with van der Waals surface area (Å²) in [5.74, 6) is 1.12. The van der Waals surface area contributed by atoms with E-state index < -0.39 is 15.9 Å². The first kappa shape index (κ1) is 22.2. The van der Waals surface area contributed by atoms with Gasteiger partial charge in [0, 0.05) is 23.2 Å². The molecule has 1 atom stereocenters. The van der Waals surface area contributed by atoms with Crippen LogP contribution in [-0.4, -0.2) is 58.1 Å². The highest BCUT2D eigenvalue weighted by atomic mass is 35.5. The zero-order chi connectivity index (χ0) is 21.9. The summed E-state index contributed by atoms with van der Waals surface area (Å²) in [5.41, 5.74) is 1.17. The number of carbonyl (C=O) groups excluding carboxylic acids is 1. The molecule has 9 heteroatoms. The van der Waals surface area contributed by atoms with Gasteiger partial charge in [0.2, 0.25) is 5.75 Å². The van der Waals surface area contributed by atoms with Crippen molar-refractivity contribution < 1.29 is 27.4 Å². The van der Waals surface area contributed by atoms with Gasteiger partial charge in [0.15, 0.2) is 21.3 Å². The second kappa shape index (κ2) is 9.14. The second-order valence-corrected chi connectivity index (χ2v) is 9.70. The first-order valence-electron chi connectivity index (χ1n) is 9.34. The van der Waals surface area contributed by atoms with Crippen LogP contribution in [0.15, 0.2) is 36.4 Å². The van der Waals surface area contributed by atoms with Crippen molar-refractivity contribution in [2.45, 2.75) is 19.0 Å². The zero-order valence-electron chi connectivity index (χ0n) is 17.1. The molecular weight excluding hydrogens is 430 g/mol. The lowest BCUT2D eigenvalue weighted by Gasteiger charge is -2.29. The van der Waals surface area contributed by atoms with E-state index in [1.807, 2.05) is 0 Å². The number of hydrogen-bond acceptors (Lipinski definition) is 6. The zero-order valence-corrected chi connectivity index (χ0v) is 18.6. The molecule has 0 unspecified atom stereocenters. The molecule has 0 bridgehead atoms. The standard InChI is InChI=1S/C21H24ClNO6S/c1-27-18-10-14(11-19(28-2)20(18)29-3)12-23(17-8-9-30(25,26)13-17)21(24)15-4-6-16(22)7-5-15/h4-7,10-11,17H,8-9,12-13H2,1-3H3/t17-/m1/s1. The Morgan fingerprint density at radius 2 is 1.67 bits per heavy atom. The van der Waals surface area contributed by atoms with Gasteiger partial charge >= 0.3 is 0 Å². The van der Waals surface area contributed by atoms with Crippen molar-refractivity contribution >= 4 is 27.3 Å². The summed E-state index contributed by atoms with van der Waals surface area (Å²) in [4.78, 5) is 14.9. The number of sulfone groups is 1. The SMILES string of the molecule is COc1cc(CN(C(=O)c2ccc(Cl)cc2)[C@@H]2CCS(=O)(=O)C2)cc(OC)c1OC. The summed E-state index contributed by atoms with van der Waals surface area (Å²) in [5, 5.41) is 0.520. The van der Waals surface area contributed by atoms with Crippen LogP contribution in [0.25, 0.3) is 0 Å². The van der Waals surface area contributed by atoms with Crippen molar-refractivity contribution in [1.82, 2.24) is 4.90 Å². The molecule has 2 aromatic carbocycles. The van der Waals surface area contributed by atoms with Gasteiger partial charge in [-0.2, -0.15) is 0 Å². The van der Waals surface area contributed by atoms with Gasteiger partial charge < -0.3 is 19.1 Å². The number of halogens is 1. The molecule has 2 aromatic rings. The molecule has 0 aromatic heterocycles. The minimum Gasteiger partial charge on any atom is -0.493 e. The molecule has 0 N–H and O–H groups in total. The lowest BCUT2D eigenvalue weighted by atomic mass is 10.1. The van der Waals surface area contributed by atoms with Gasteiger partial charge in [-0.3, -0.25) is 4.79 Å². The largest absolute Gasteiger partial charge is 0.493 e. The van der Waals surface area contributed by atoms with Gasteiger partial charge in [-0.25, -0.2) is 8.42 Å². The molecular formula is C21H24ClNO6S. The molecule has 30 heavy (non-hydrogen) atoms. The smallest absolute Gasteiger partial charge is 0.254 e. The van der Waals surface area contributed by atoms with E-state index in [0.29, 0.717) is 34.3 Å². The molecule has 3 rings (SSSR count). The van der Waals surface area contributed by atoms with E-state index in [0.717, 1.165) is 5.56 Å². The van der Waals surface area contributed by atoms with Crippen LogP contribution in [-0.2, 0) is 16.4 Å². The minimum atomic E-state index is -3.18. The molecule has 1 heterocycles. The Labute approximate surface area is 181 Å². The molecule has 0 radical (unpaired) electrons. The normalized spacial score (nSPS) is 17.4. The molecule has 1 fully saturated rings. The fraction of sp³-hybridized carbons (Fsp3) is 0.381. The van der Waals surface area contributed by atoms with Crippen molar-refractivity contribution in [2.24, 2.45) is 0 Å². The summed E-state index contributed by atoms with van der Waals surface area (Å²) in [7, 11) is 1.37. The summed E-state index contributed by atoms with van der Waals surface area (Å²) in [6.45, 7) is 0.193. The van der Waals surface area contributed by atoms with E-state index >= 15 is 0 Å². The van der Waals surface area contributed by atoms with Crippen LogP contribution in [0, 0.1) is 0 Å². The highest BCUT2D eigenvalue weighted by Gasteiger charge is 2.35. The van der Waals surface area contributed by atoms with Crippen LogP contribution in [0.4, 0.5) is 0 Å². The van der Waals surface area contributed by atoms with Crippen LogP contribution in [0.5, 0.6) is 17.2 Å². The van der Waals surface area contributed by atoms with Gasteiger partial charge in [0.1, 0.15) is 0 Å². The van der Waals surface area contributed by atoms with Gasteiger partial charge in [0.05, 0.1) is 32.8 Å². The Hall–Kier alpha value is -2.45. The van der Waals surface area contributed by atoms with Gasteiger partial charge in [0.25, 0.3) is 5.91 Å². The molecule has 1 aliphatic heterocycles. The number of ether oxygens (including phenoxy) is 3. The Morgan fingerprint density at radius 3 is 2.13 bits per heavy atom. The topological polar surface area (TPSA) is 82.1 Å². The van der Waals surface area contributed by atoms with Crippen LogP contribution in [0.2, 0.25) is 5.02 Å². The third-order valence-corrected chi connectivity index (χ3v) is 7.08. The Bertz CT molecular complexity index is 997. The van der Waals surface area contributed by atoms with Crippen LogP contribution < -0.4 is 14.2 Å². The Kier molecular flexibility index (Phi) is 6.77. The van der Waals surface area contributed by atoms with E-state index in [1.54, 1.807) is 41.3 Å². The number of amides is 1. The molecule has 0 saturated carbocycles. The van der Waals surface area contributed by atoms with Gasteiger partial charge in [-0.15, -0.1) is 0 Å². The molecule has 1 aliphatic rings. The molecule has 0 spiro atoms. The van der Waals surface area contributed by atoms with Crippen molar-refractivity contribution in [3.05, 3.63) is 52.5 Å². The maximum absolute atomic E-state index is 13.3. The molecule has 1 amide bonds. The predicted octanol–water partition coefficient (Wildman–Crippen LogP) is 3.20. The number of carbonyl (C=O) groups is 1.